The number of likely N-dealkylation sites (tertiary alicyclic amines) is 1. The van der Waals surface area contributed by atoms with E-state index in [1.165, 1.54) is 10.4 Å². The molecule has 2 fully saturated rings. The van der Waals surface area contributed by atoms with Gasteiger partial charge in [0.1, 0.15) is 15.5 Å². The number of carbonyl (C=O) groups excluding carboxylic acids is 1. The van der Waals surface area contributed by atoms with Gasteiger partial charge in [-0.05, 0) is 24.6 Å². The van der Waals surface area contributed by atoms with E-state index in [-0.39, 0.29) is 11.3 Å². The molecule has 6 rings (SSSR count). The third-order valence-corrected chi connectivity index (χ3v) is 10.4. The average Bonchev–Trinajstić information content (AvgIpc) is 3.28. The number of thiophene rings is 1. The lowest BCUT2D eigenvalue weighted by atomic mass is 9.83. The van der Waals surface area contributed by atoms with Crippen LogP contribution in [0.25, 0.3) is 20.8 Å². The van der Waals surface area contributed by atoms with Crippen molar-refractivity contribution in [1.82, 2.24) is 20.2 Å². The van der Waals surface area contributed by atoms with Crippen LogP contribution in [0.4, 0.5) is 5.00 Å². The molecule has 1 spiro atoms. The minimum Gasteiger partial charge on any atom is -0.317 e. The number of nitrogens with zero attached hydrogens (tertiary/aromatic N) is 3. The van der Waals surface area contributed by atoms with E-state index < -0.39 is 10.8 Å². The number of hydrogen-bond donors (Lipinski definition) is 2. The van der Waals surface area contributed by atoms with Crippen LogP contribution in [0, 0.1) is 5.41 Å². The van der Waals surface area contributed by atoms with E-state index in [1.807, 2.05) is 6.07 Å². The van der Waals surface area contributed by atoms with Crippen molar-refractivity contribution in [3.05, 3.63) is 28.9 Å². The molecule has 3 aromatic heterocycles. The molecule has 3 aliphatic rings. The summed E-state index contributed by atoms with van der Waals surface area (Å²) in [7, 11) is -0.607. The number of anilines is 1. The third-order valence-electron chi connectivity index (χ3n) is 6.29. The minimum atomic E-state index is -0.607. The fourth-order valence-corrected chi connectivity index (χ4v) is 8.83. The lowest BCUT2D eigenvalue weighted by molar-refractivity contribution is -0.117. The van der Waals surface area contributed by atoms with E-state index in [2.05, 4.69) is 20.5 Å². The van der Waals surface area contributed by atoms with Gasteiger partial charge in [0.25, 0.3) is 0 Å². The van der Waals surface area contributed by atoms with E-state index in [4.69, 9.17) is 4.98 Å². The topological polar surface area (TPSA) is 87.2 Å². The summed E-state index contributed by atoms with van der Waals surface area (Å²) in [4.78, 5) is 25.4. The smallest absolute Gasteiger partial charge is 0.226 e. The molecule has 0 atom stereocenters. The van der Waals surface area contributed by atoms with E-state index in [9.17, 15) is 9.00 Å². The monoisotopic (exact) mass is 473 g/mol. The van der Waals surface area contributed by atoms with Gasteiger partial charge >= 0.3 is 0 Å². The van der Waals surface area contributed by atoms with Crippen LogP contribution in [0.15, 0.2) is 18.5 Å². The van der Waals surface area contributed by atoms with Crippen molar-refractivity contribution in [3.63, 3.8) is 0 Å². The van der Waals surface area contributed by atoms with Gasteiger partial charge in [0, 0.05) is 77.0 Å². The highest BCUT2D eigenvalue weighted by Crippen LogP contribution is 2.45. The van der Waals surface area contributed by atoms with Crippen LogP contribution in [0.2, 0.25) is 0 Å². The van der Waals surface area contributed by atoms with Gasteiger partial charge in [0.2, 0.25) is 5.91 Å². The van der Waals surface area contributed by atoms with E-state index >= 15 is 0 Å². The molecule has 7 nitrogen and oxygen atoms in total. The number of nitrogens with one attached hydrogen (secondary N) is 2. The molecule has 3 aromatic rings. The number of carbonyl (C=O) groups is 1. The Morgan fingerprint density at radius 2 is 2.19 bits per heavy atom. The van der Waals surface area contributed by atoms with Crippen LogP contribution in [0.3, 0.4) is 0 Å². The van der Waals surface area contributed by atoms with Crippen molar-refractivity contribution >= 4 is 54.6 Å². The van der Waals surface area contributed by atoms with Crippen LogP contribution in [-0.4, -0.2) is 62.7 Å². The number of hydrogen-bond acceptors (Lipinski definition) is 8. The first kappa shape index (κ1) is 19.9. The van der Waals surface area contributed by atoms with Gasteiger partial charge in [-0.15, -0.1) is 22.7 Å². The van der Waals surface area contributed by atoms with Crippen molar-refractivity contribution in [2.24, 2.45) is 5.41 Å². The van der Waals surface area contributed by atoms with Gasteiger partial charge in [0.15, 0.2) is 0 Å². The molecular formula is C21H23N5O2S3. The first-order valence-corrected chi connectivity index (χ1v) is 13.6. The second kappa shape index (κ2) is 7.70. The van der Waals surface area contributed by atoms with E-state index in [0.29, 0.717) is 6.42 Å². The minimum absolute atomic E-state index is 0.0497. The molecule has 0 radical (unpaired) electrons. The Morgan fingerprint density at radius 1 is 1.32 bits per heavy atom. The molecule has 0 saturated carbocycles. The first-order chi connectivity index (χ1) is 15.1. The number of aromatic nitrogens is 2. The first-order valence-electron chi connectivity index (χ1n) is 10.5. The normalized spacial score (nSPS) is 20.4. The van der Waals surface area contributed by atoms with Crippen molar-refractivity contribution in [2.45, 2.75) is 19.4 Å². The van der Waals surface area contributed by atoms with Crippen LogP contribution in [-0.2, 0) is 28.6 Å². The molecule has 6 heterocycles. The highest BCUT2D eigenvalue weighted by molar-refractivity contribution is 7.86. The quantitative estimate of drug-likeness (QED) is 0.592. The Balaban J connectivity index is 1.19. The maximum absolute atomic E-state index is 12.8. The highest BCUT2D eigenvalue weighted by Gasteiger charge is 2.51. The Bertz CT molecular complexity index is 1150. The second-order valence-corrected chi connectivity index (χ2v) is 12.3. The predicted molar refractivity (Wildman–Crippen MR) is 126 cm³/mol. The van der Waals surface area contributed by atoms with Gasteiger partial charge < -0.3 is 15.5 Å². The number of rotatable bonds is 5. The molecule has 1 amide bonds. The van der Waals surface area contributed by atoms with E-state index in [0.717, 1.165) is 76.4 Å². The van der Waals surface area contributed by atoms with Gasteiger partial charge in [-0.25, -0.2) is 4.98 Å². The third kappa shape index (κ3) is 3.64. The van der Waals surface area contributed by atoms with Crippen molar-refractivity contribution in [2.75, 3.05) is 43.0 Å². The van der Waals surface area contributed by atoms with Gasteiger partial charge in [-0.1, -0.05) is 0 Å². The molecule has 2 saturated heterocycles. The number of thiazole rings is 1. The summed E-state index contributed by atoms with van der Waals surface area (Å²) in [6.07, 6.45) is 5.01. The summed E-state index contributed by atoms with van der Waals surface area (Å²) >= 11 is 3.33. The molecule has 3 aliphatic heterocycles. The number of fused-ring (bicyclic) bond motifs is 2. The fourth-order valence-electron chi connectivity index (χ4n) is 4.87. The maximum atomic E-state index is 12.8. The lowest BCUT2D eigenvalue weighted by Crippen LogP contribution is -2.66. The summed E-state index contributed by atoms with van der Waals surface area (Å²) < 4.78 is 12.5. The van der Waals surface area contributed by atoms with Gasteiger partial charge in [-0.3, -0.25) is 14.0 Å². The predicted octanol–water partition coefficient (Wildman–Crippen LogP) is 2.46. The average molecular weight is 474 g/mol. The highest BCUT2D eigenvalue weighted by atomic mass is 32.2. The van der Waals surface area contributed by atoms with Crippen molar-refractivity contribution < 1.29 is 9.00 Å². The molecule has 162 valence electrons. The zero-order valence-corrected chi connectivity index (χ0v) is 19.4. The molecule has 0 aromatic carbocycles. The standard InChI is InChI=1S/C21H23N5O2S3/c27-17(3-6-26-9-21(10-26)11-31(28)12-21)25-20-18(13-1-4-23-8-16(13)30-20)19-24-14-7-22-5-2-15(14)29-19/h2,5,7,23H,1,3-4,6,8-12H2,(H,25,27). The molecule has 0 bridgehead atoms. The molecule has 0 unspecified atom stereocenters. The zero-order chi connectivity index (χ0) is 21.0. The van der Waals surface area contributed by atoms with Gasteiger partial charge in [0.05, 0.1) is 10.9 Å². The maximum Gasteiger partial charge on any atom is 0.226 e. The van der Waals surface area contributed by atoms with Crippen LogP contribution < -0.4 is 10.6 Å². The second-order valence-electron chi connectivity index (χ2n) is 8.73. The van der Waals surface area contributed by atoms with Crippen LogP contribution >= 0.6 is 22.7 Å². The molecule has 0 aliphatic carbocycles. The largest absolute Gasteiger partial charge is 0.317 e. The molecule has 31 heavy (non-hydrogen) atoms. The number of pyridine rings is 1. The fraction of sp³-hybridized carbons (Fsp3) is 0.476. The van der Waals surface area contributed by atoms with E-state index in [1.54, 1.807) is 35.1 Å². The molecular weight excluding hydrogens is 450 g/mol. The Labute approximate surface area is 190 Å². The molecule has 10 heteroatoms. The van der Waals surface area contributed by atoms with Crippen molar-refractivity contribution in [1.29, 1.82) is 0 Å². The lowest BCUT2D eigenvalue weighted by Gasteiger charge is -2.55. The van der Waals surface area contributed by atoms with Crippen LogP contribution in [0.1, 0.15) is 16.9 Å². The Kier molecular flexibility index (Phi) is 4.95. The SMILES string of the molecule is O=C(CCN1CC2(C1)CS(=O)C2)Nc1sc2c(c1-c1nc3cnccc3s1)CCNC2. The summed E-state index contributed by atoms with van der Waals surface area (Å²) in [5.41, 5.74) is 3.60. The summed E-state index contributed by atoms with van der Waals surface area (Å²) in [5.74, 6) is 1.73. The Hall–Kier alpha value is -1.72. The zero-order valence-electron chi connectivity index (χ0n) is 17.0. The summed E-state index contributed by atoms with van der Waals surface area (Å²) in [5, 5.41) is 8.51. The summed E-state index contributed by atoms with van der Waals surface area (Å²) in [6.45, 7) is 4.51. The summed E-state index contributed by atoms with van der Waals surface area (Å²) in [6, 6.07) is 1.99. The Morgan fingerprint density at radius 3 is 3.00 bits per heavy atom. The van der Waals surface area contributed by atoms with Crippen LogP contribution in [0.5, 0.6) is 0 Å². The number of amides is 1. The van der Waals surface area contributed by atoms with Crippen molar-refractivity contribution in [3.8, 4) is 10.6 Å². The van der Waals surface area contributed by atoms with Gasteiger partial charge in [-0.2, -0.15) is 0 Å². The molecule has 2 N–H and O–H groups in total.